The summed E-state index contributed by atoms with van der Waals surface area (Å²) in [4.78, 5) is 14.0. The van der Waals surface area contributed by atoms with Crippen LogP contribution >= 0.6 is 0 Å². The fourth-order valence-corrected chi connectivity index (χ4v) is 1.55. The van der Waals surface area contributed by atoms with Crippen LogP contribution in [0.2, 0.25) is 0 Å². The lowest BCUT2D eigenvalue weighted by atomic mass is 9.86. The third-order valence-corrected chi connectivity index (χ3v) is 3.07. The third kappa shape index (κ3) is 3.49. The number of hydrogen-bond donors (Lipinski definition) is 1. The summed E-state index contributed by atoms with van der Waals surface area (Å²) in [6.45, 7) is 9.75. The molecule has 1 aliphatic rings. The molecule has 0 radical (unpaired) electrons. The largest absolute Gasteiger partial charge is 0.341 e. The molecular formula is C12H24N2O. The van der Waals surface area contributed by atoms with Crippen LogP contribution in [-0.2, 0) is 4.79 Å². The quantitative estimate of drug-likeness (QED) is 0.769. The van der Waals surface area contributed by atoms with Crippen molar-refractivity contribution < 1.29 is 4.79 Å². The molecule has 0 heterocycles. The molecule has 0 aromatic carbocycles. The molecule has 1 rings (SSSR count). The summed E-state index contributed by atoms with van der Waals surface area (Å²) in [7, 11) is 0. The van der Waals surface area contributed by atoms with Crippen LogP contribution in [0.15, 0.2) is 0 Å². The van der Waals surface area contributed by atoms with E-state index < -0.39 is 0 Å². The second-order valence-electron chi connectivity index (χ2n) is 5.66. The second-order valence-corrected chi connectivity index (χ2v) is 5.66. The van der Waals surface area contributed by atoms with Gasteiger partial charge in [0.2, 0.25) is 5.91 Å². The first kappa shape index (κ1) is 12.5. The zero-order chi connectivity index (χ0) is 11.6. The molecule has 0 unspecified atom stereocenters. The standard InChI is InChI=1S/C12H24N2O/c1-5-14(8-9-6-7-9)11(15)10(13)12(2,3)4/h9-10H,5-8,13H2,1-4H3/t10-/m1/s1. The lowest BCUT2D eigenvalue weighted by Crippen LogP contribution is -2.50. The predicted molar refractivity (Wildman–Crippen MR) is 62.4 cm³/mol. The van der Waals surface area contributed by atoms with Crippen LogP contribution in [0, 0.1) is 11.3 Å². The number of likely N-dealkylation sites (N-methyl/N-ethyl adjacent to an activating group) is 1. The van der Waals surface area contributed by atoms with Crippen molar-refractivity contribution in [3.63, 3.8) is 0 Å². The van der Waals surface area contributed by atoms with Gasteiger partial charge in [0.25, 0.3) is 0 Å². The van der Waals surface area contributed by atoms with E-state index in [9.17, 15) is 4.79 Å². The van der Waals surface area contributed by atoms with E-state index in [1.165, 1.54) is 12.8 Å². The van der Waals surface area contributed by atoms with Gasteiger partial charge < -0.3 is 10.6 Å². The first-order valence-electron chi connectivity index (χ1n) is 5.90. The van der Waals surface area contributed by atoms with E-state index in [-0.39, 0.29) is 17.4 Å². The lowest BCUT2D eigenvalue weighted by molar-refractivity contribution is -0.135. The van der Waals surface area contributed by atoms with Gasteiger partial charge in [-0.05, 0) is 31.1 Å². The number of hydrogen-bond acceptors (Lipinski definition) is 2. The van der Waals surface area contributed by atoms with Gasteiger partial charge in [-0.25, -0.2) is 0 Å². The van der Waals surface area contributed by atoms with Crippen LogP contribution in [0.25, 0.3) is 0 Å². The van der Waals surface area contributed by atoms with Crippen molar-refractivity contribution in [1.29, 1.82) is 0 Å². The van der Waals surface area contributed by atoms with Crippen molar-refractivity contribution in [2.75, 3.05) is 13.1 Å². The minimum absolute atomic E-state index is 0.108. The molecule has 0 bridgehead atoms. The topological polar surface area (TPSA) is 46.3 Å². The molecule has 0 aliphatic heterocycles. The molecule has 0 saturated heterocycles. The summed E-state index contributed by atoms with van der Waals surface area (Å²) in [6.07, 6.45) is 2.54. The molecule has 3 nitrogen and oxygen atoms in total. The molecule has 88 valence electrons. The average molecular weight is 212 g/mol. The zero-order valence-corrected chi connectivity index (χ0v) is 10.4. The number of carbonyl (C=O) groups excluding carboxylic acids is 1. The number of rotatable bonds is 4. The zero-order valence-electron chi connectivity index (χ0n) is 10.4. The Labute approximate surface area is 93.0 Å². The highest BCUT2D eigenvalue weighted by Gasteiger charge is 2.33. The monoisotopic (exact) mass is 212 g/mol. The van der Waals surface area contributed by atoms with E-state index in [1.807, 2.05) is 32.6 Å². The Bertz CT molecular complexity index is 228. The van der Waals surface area contributed by atoms with E-state index in [0.717, 1.165) is 19.0 Å². The molecule has 15 heavy (non-hydrogen) atoms. The maximum Gasteiger partial charge on any atom is 0.240 e. The molecule has 1 amide bonds. The number of nitrogens with two attached hydrogens (primary N) is 1. The van der Waals surface area contributed by atoms with E-state index >= 15 is 0 Å². The highest BCUT2D eigenvalue weighted by atomic mass is 16.2. The van der Waals surface area contributed by atoms with Crippen molar-refractivity contribution in [3.8, 4) is 0 Å². The van der Waals surface area contributed by atoms with Crippen LogP contribution in [0.1, 0.15) is 40.5 Å². The first-order valence-corrected chi connectivity index (χ1v) is 5.90. The van der Waals surface area contributed by atoms with E-state index in [4.69, 9.17) is 5.73 Å². The summed E-state index contributed by atoms with van der Waals surface area (Å²) in [5.74, 6) is 0.845. The molecule has 1 fully saturated rings. The molecule has 2 N–H and O–H groups in total. The molecule has 1 saturated carbocycles. The average Bonchev–Trinajstić information content (AvgIpc) is 2.94. The van der Waals surface area contributed by atoms with Crippen molar-refractivity contribution >= 4 is 5.91 Å². The summed E-state index contributed by atoms with van der Waals surface area (Å²) >= 11 is 0. The van der Waals surface area contributed by atoms with Gasteiger partial charge >= 0.3 is 0 Å². The Morgan fingerprint density at radius 2 is 2.00 bits per heavy atom. The smallest absolute Gasteiger partial charge is 0.240 e. The van der Waals surface area contributed by atoms with Crippen LogP contribution in [0.4, 0.5) is 0 Å². The second kappa shape index (κ2) is 4.52. The van der Waals surface area contributed by atoms with E-state index in [1.54, 1.807) is 0 Å². The molecule has 1 aliphatic carbocycles. The Hall–Kier alpha value is -0.570. The van der Waals surface area contributed by atoms with Crippen LogP contribution in [0.5, 0.6) is 0 Å². The normalized spacial score (nSPS) is 18.7. The summed E-state index contributed by atoms with van der Waals surface area (Å²) in [6, 6.07) is -0.379. The van der Waals surface area contributed by atoms with Gasteiger partial charge in [0.15, 0.2) is 0 Å². The van der Waals surface area contributed by atoms with Crippen LogP contribution in [-0.4, -0.2) is 29.9 Å². The van der Waals surface area contributed by atoms with Crippen LogP contribution < -0.4 is 5.73 Å². The Morgan fingerprint density at radius 3 is 2.33 bits per heavy atom. The first-order chi connectivity index (χ1) is 6.86. The maximum atomic E-state index is 12.1. The van der Waals surface area contributed by atoms with Crippen molar-refractivity contribution in [1.82, 2.24) is 4.90 Å². The van der Waals surface area contributed by atoms with E-state index in [2.05, 4.69) is 0 Å². The van der Waals surface area contributed by atoms with Gasteiger partial charge in [0.05, 0.1) is 6.04 Å². The highest BCUT2D eigenvalue weighted by Crippen LogP contribution is 2.30. The molecule has 0 aromatic rings. The maximum absolute atomic E-state index is 12.1. The number of nitrogens with zero attached hydrogens (tertiary/aromatic N) is 1. The lowest BCUT2D eigenvalue weighted by Gasteiger charge is -2.31. The van der Waals surface area contributed by atoms with Crippen LogP contribution in [0.3, 0.4) is 0 Å². The van der Waals surface area contributed by atoms with Crippen molar-refractivity contribution in [2.45, 2.75) is 46.6 Å². The van der Waals surface area contributed by atoms with Gasteiger partial charge in [0.1, 0.15) is 0 Å². The molecule has 3 heteroatoms. The van der Waals surface area contributed by atoms with Gasteiger partial charge in [-0.3, -0.25) is 4.79 Å². The summed E-state index contributed by atoms with van der Waals surface area (Å²) in [5, 5.41) is 0. The fraction of sp³-hybridized carbons (Fsp3) is 0.917. The predicted octanol–water partition coefficient (Wildman–Crippen LogP) is 1.62. The minimum atomic E-state index is -0.379. The SMILES string of the molecule is CCN(CC1CC1)C(=O)[C@@H](N)C(C)(C)C. The van der Waals surface area contributed by atoms with E-state index in [0.29, 0.717) is 0 Å². The minimum Gasteiger partial charge on any atom is -0.341 e. The highest BCUT2D eigenvalue weighted by molar-refractivity contribution is 5.82. The Balaban J connectivity index is 2.54. The van der Waals surface area contributed by atoms with Gasteiger partial charge in [-0.2, -0.15) is 0 Å². The summed E-state index contributed by atoms with van der Waals surface area (Å²) in [5.41, 5.74) is 5.83. The summed E-state index contributed by atoms with van der Waals surface area (Å²) < 4.78 is 0. The van der Waals surface area contributed by atoms with Crippen molar-refractivity contribution in [2.24, 2.45) is 17.1 Å². The molecule has 0 aromatic heterocycles. The number of carbonyl (C=O) groups is 1. The molecule has 1 atom stereocenters. The van der Waals surface area contributed by atoms with Crippen molar-refractivity contribution in [3.05, 3.63) is 0 Å². The van der Waals surface area contributed by atoms with Gasteiger partial charge in [-0.15, -0.1) is 0 Å². The Morgan fingerprint density at radius 1 is 1.47 bits per heavy atom. The Kier molecular flexibility index (Phi) is 3.77. The molecular weight excluding hydrogens is 188 g/mol. The number of amides is 1. The van der Waals surface area contributed by atoms with Gasteiger partial charge in [0, 0.05) is 13.1 Å². The molecule has 0 spiro atoms. The third-order valence-electron chi connectivity index (χ3n) is 3.07. The van der Waals surface area contributed by atoms with Gasteiger partial charge in [-0.1, -0.05) is 20.8 Å². The fourth-order valence-electron chi connectivity index (χ4n) is 1.55.